The van der Waals surface area contributed by atoms with Crippen LogP contribution < -0.4 is 10.6 Å². The average molecular weight is 310 g/mol. The molecule has 0 saturated carbocycles. The van der Waals surface area contributed by atoms with E-state index in [1.54, 1.807) is 18.2 Å². The fraction of sp³-hybridized carbons (Fsp3) is 0.357. The Morgan fingerprint density at radius 3 is 2.62 bits per heavy atom. The third-order valence-electron chi connectivity index (χ3n) is 2.47. The van der Waals surface area contributed by atoms with E-state index in [0.717, 1.165) is 17.3 Å². The molecule has 1 rings (SSSR count). The van der Waals surface area contributed by atoms with E-state index in [1.807, 2.05) is 13.0 Å². The summed E-state index contributed by atoms with van der Waals surface area (Å²) < 4.78 is 0. The summed E-state index contributed by atoms with van der Waals surface area (Å²) in [6.45, 7) is 2.71. The fourth-order valence-corrected chi connectivity index (χ4v) is 2.13. The van der Waals surface area contributed by atoms with Crippen LogP contribution in [0.5, 0.6) is 0 Å². The molecule has 1 aromatic rings. The Labute approximate surface area is 127 Å². The van der Waals surface area contributed by atoms with Gasteiger partial charge in [-0.3, -0.25) is 14.4 Å². The molecule has 0 aliphatic heterocycles. The predicted molar refractivity (Wildman–Crippen MR) is 81.3 cm³/mol. The van der Waals surface area contributed by atoms with Crippen LogP contribution in [0, 0.1) is 0 Å². The number of carbonyl (C=O) groups is 3. The number of nitrogens with one attached hydrogen (secondary N) is 2. The second kappa shape index (κ2) is 9.02. The summed E-state index contributed by atoms with van der Waals surface area (Å²) >= 11 is 1.04. The number of carboxylic acid groups (broad SMARTS) is 1. The molecule has 2 amide bonds. The summed E-state index contributed by atoms with van der Waals surface area (Å²) in [4.78, 5) is 33.5. The van der Waals surface area contributed by atoms with Crippen LogP contribution in [0.3, 0.4) is 0 Å². The average Bonchev–Trinajstić information content (AvgIpc) is 2.45. The van der Waals surface area contributed by atoms with Crippen molar-refractivity contribution in [2.75, 3.05) is 18.1 Å². The maximum atomic E-state index is 11.7. The maximum absolute atomic E-state index is 11.7. The van der Waals surface area contributed by atoms with Crippen molar-refractivity contribution in [3.8, 4) is 0 Å². The Morgan fingerprint density at radius 1 is 1.19 bits per heavy atom. The first-order valence-corrected chi connectivity index (χ1v) is 7.61. The van der Waals surface area contributed by atoms with E-state index in [9.17, 15) is 14.4 Å². The van der Waals surface area contributed by atoms with Crippen molar-refractivity contribution in [3.63, 3.8) is 0 Å². The third kappa shape index (κ3) is 6.80. The summed E-state index contributed by atoms with van der Waals surface area (Å²) in [6, 6.07) is 6.99. The molecule has 3 N–H and O–H groups in total. The topological polar surface area (TPSA) is 95.5 Å². The zero-order valence-corrected chi connectivity index (χ0v) is 12.5. The Bertz CT molecular complexity index is 519. The Kier molecular flexibility index (Phi) is 7.31. The number of hydrogen-bond donors (Lipinski definition) is 3. The van der Waals surface area contributed by atoms with Gasteiger partial charge in [-0.2, -0.15) is 0 Å². The van der Waals surface area contributed by atoms with Gasteiger partial charge < -0.3 is 15.7 Å². The van der Waals surface area contributed by atoms with Crippen molar-refractivity contribution in [1.29, 1.82) is 0 Å². The van der Waals surface area contributed by atoms with Crippen LogP contribution in [0.1, 0.15) is 22.8 Å². The second-order valence-electron chi connectivity index (χ2n) is 4.22. The molecule has 0 bridgehead atoms. The largest absolute Gasteiger partial charge is 0.481 e. The number of carbonyl (C=O) groups excluding carboxylic acids is 2. The van der Waals surface area contributed by atoms with E-state index in [0.29, 0.717) is 18.7 Å². The van der Waals surface area contributed by atoms with Crippen molar-refractivity contribution in [3.05, 3.63) is 35.4 Å². The number of amides is 2. The summed E-state index contributed by atoms with van der Waals surface area (Å²) in [6.07, 6.45) is 0. The molecule has 0 radical (unpaired) electrons. The maximum Gasteiger partial charge on any atom is 0.313 e. The van der Waals surface area contributed by atoms with Crippen LogP contribution in [0.4, 0.5) is 0 Å². The highest BCUT2D eigenvalue weighted by Gasteiger charge is 2.07. The van der Waals surface area contributed by atoms with E-state index < -0.39 is 5.97 Å². The molecule has 7 heteroatoms. The highest BCUT2D eigenvalue weighted by molar-refractivity contribution is 8.00. The third-order valence-corrected chi connectivity index (χ3v) is 3.39. The highest BCUT2D eigenvalue weighted by Crippen LogP contribution is 2.06. The smallest absolute Gasteiger partial charge is 0.313 e. The minimum absolute atomic E-state index is 0.0971. The van der Waals surface area contributed by atoms with Gasteiger partial charge in [-0.1, -0.05) is 12.1 Å². The first-order chi connectivity index (χ1) is 10.0. The number of carboxylic acids is 1. The Hall–Kier alpha value is -2.02. The van der Waals surface area contributed by atoms with Gasteiger partial charge in [-0.15, -0.1) is 11.8 Å². The van der Waals surface area contributed by atoms with E-state index in [1.165, 1.54) is 0 Å². The van der Waals surface area contributed by atoms with Crippen molar-refractivity contribution < 1.29 is 19.5 Å². The van der Waals surface area contributed by atoms with Gasteiger partial charge >= 0.3 is 5.97 Å². The zero-order chi connectivity index (χ0) is 15.7. The van der Waals surface area contributed by atoms with E-state index >= 15 is 0 Å². The van der Waals surface area contributed by atoms with Crippen LogP contribution in [-0.2, 0) is 16.1 Å². The molecule has 114 valence electrons. The van der Waals surface area contributed by atoms with Crippen molar-refractivity contribution in [1.82, 2.24) is 10.6 Å². The summed E-state index contributed by atoms with van der Waals surface area (Å²) in [5.74, 6) is -1.32. The van der Waals surface area contributed by atoms with Gasteiger partial charge in [-0.25, -0.2) is 0 Å². The molecule has 0 aliphatic rings. The molecular formula is C14H18N2O4S. The van der Waals surface area contributed by atoms with Crippen molar-refractivity contribution in [2.24, 2.45) is 0 Å². The van der Waals surface area contributed by atoms with Gasteiger partial charge in [0.05, 0.1) is 11.5 Å². The Balaban J connectivity index is 2.44. The van der Waals surface area contributed by atoms with Gasteiger partial charge in [0.2, 0.25) is 5.91 Å². The van der Waals surface area contributed by atoms with Gasteiger partial charge in [0.25, 0.3) is 5.91 Å². The molecule has 1 aromatic carbocycles. The SMILES string of the molecule is CCNC(=O)c1cccc(CNC(=O)CSCC(=O)O)c1. The van der Waals surface area contributed by atoms with Gasteiger partial charge in [0, 0.05) is 18.7 Å². The van der Waals surface area contributed by atoms with Crippen molar-refractivity contribution >= 4 is 29.5 Å². The normalized spacial score (nSPS) is 9.95. The first kappa shape index (κ1) is 17.0. The first-order valence-electron chi connectivity index (χ1n) is 6.46. The van der Waals surface area contributed by atoms with Crippen molar-refractivity contribution in [2.45, 2.75) is 13.5 Å². The second-order valence-corrected chi connectivity index (χ2v) is 5.21. The lowest BCUT2D eigenvalue weighted by Crippen LogP contribution is -2.26. The molecule has 0 aliphatic carbocycles. The molecular weight excluding hydrogens is 292 g/mol. The lowest BCUT2D eigenvalue weighted by atomic mass is 10.1. The minimum atomic E-state index is -0.942. The van der Waals surface area contributed by atoms with Crippen LogP contribution >= 0.6 is 11.8 Å². The number of benzene rings is 1. The fourth-order valence-electron chi connectivity index (χ4n) is 1.57. The monoisotopic (exact) mass is 310 g/mol. The summed E-state index contributed by atoms with van der Waals surface area (Å²) in [5.41, 5.74) is 1.36. The highest BCUT2D eigenvalue weighted by atomic mass is 32.2. The lowest BCUT2D eigenvalue weighted by Gasteiger charge is -2.07. The van der Waals surface area contributed by atoms with Crippen LogP contribution in [0.15, 0.2) is 24.3 Å². The molecule has 0 spiro atoms. The molecule has 6 nitrogen and oxygen atoms in total. The van der Waals surface area contributed by atoms with Crippen LogP contribution in [-0.4, -0.2) is 40.9 Å². The molecule has 0 heterocycles. The van der Waals surface area contributed by atoms with Gasteiger partial charge in [0.15, 0.2) is 0 Å². The Morgan fingerprint density at radius 2 is 1.95 bits per heavy atom. The lowest BCUT2D eigenvalue weighted by molar-refractivity contribution is -0.133. The summed E-state index contributed by atoms with van der Waals surface area (Å²) in [7, 11) is 0. The minimum Gasteiger partial charge on any atom is -0.481 e. The predicted octanol–water partition coefficient (Wildman–Crippen LogP) is 0.870. The molecule has 0 atom stereocenters. The number of hydrogen-bond acceptors (Lipinski definition) is 4. The van der Waals surface area contributed by atoms with E-state index in [-0.39, 0.29) is 23.3 Å². The molecule has 0 fully saturated rings. The standard InChI is InChI=1S/C14H18N2O4S/c1-2-15-14(20)11-5-3-4-10(6-11)7-16-12(17)8-21-9-13(18)19/h3-6H,2,7-9H2,1H3,(H,15,20)(H,16,17)(H,18,19). The number of aliphatic carboxylic acids is 1. The molecule has 21 heavy (non-hydrogen) atoms. The summed E-state index contributed by atoms with van der Waals surface area (Å²) in [5, 5.41) is 13.9. The van der Waals surface area contributed by atoms with E-state index in [4.69, 9.17) is 5.11 Å². The quantitative estimate of drug-likeness (QED) is 0.662. The molecule has 0 aromatic heterocycles. The van der Waals surface area contributed by atoms with Gasteiger partial charge in [0.1, 0.15) is 0 Å². The molecule has 0 saturated heterocycles. The van der Waals surface area contributed by atoms with Crippen LogP contribution in [0.2, 0.25) is 0 Å². The van der Waals surface area contributed by atoms with Crippen LogP contribution in [0.25, 0.3) is 0 Å². The zero-order valence-electron chi connectivity index (χ0n) is 11.7. The van der Waals surface area contributed by atoms with Gasteiger partial charge in [-0.05, 0) is 24.6 Å². The number of thioether (sulfide) groups is 1. The number of rotatable bonds is 8. The molecule has 0 unspecified atom stereocenters. The van der Waals surface area contributed by atoms with E-state index in [2.05, 4.69) is 10.6 Å².